The lowest BCUT2D eigenvalue weighted by atomic mass is 10.2. The van der Waals surface area contributed by atoms with E-state index in [1.165, 1.54) is 0 Å². The van der Waals surface area contributed by atoms with Crippen LogP contribution in [0, 0.1) is 0 Å². The summed E-state index contributed by atoms with van der Waals surface area (Å²) < 4.78 is 10.8. The van der Waals surface area contributed by atoms with E-state index in [0.29, 0.717) is 31.4 Å². The predicted molar refractivity (Wildman–Crippen MR) is 92.2 cm³/mol. The maximum Gasteiger partial charge on any atom is 0.234 e. The van der Waals surface area contributed by atoms with Crippen LogP contribution in [0.4, 0.5) is 0 Å². The maximum atomic E-state index is 12.2. The van der Waals surface area contributed by atoms with Gasteiger partial charge in [-0.1, -0.05) is 30.3 Å². The molecule has 1 unspecified atom stereocenters. The van der Waals surface area contributed by atoms with Gasteiger partial charge < -0.3 is 14.6 Å². The summed E-state index contributed by atoms with van der Waals surface area (Å²) in [5.41, 5.74) is 0. The van der Waals surface area contributed by atoms with E-state index in [9.17, 15) is 4.79 Å². The molecule has 1 saturated heterocycles. The van der Waals surface area contributed by atoms with Gasteiger partial charge in [-0.3, -0.25) is 9.69 Å². The Bertz CT molecular complexity index is 674. The van der Waals surface area contributed by atoms with E-state index in [0.717, 1.165) is 31.6 Å². The molecule has 1 aliphatic rings. The molecule has 134 valence electrons. The van der Waals surface area contributed by atoms with Crippen molar-refractivity contribution >= 4 is 5.91 Å². The van der Waals surface area contributed by atoms with Crippen LogP contribution in [0.15, 0.2) is 34.9 Å². The average Bonchev–Trinajstić information content (AvgIpc) is 3.28. The topological polar surface area (TPSA) is 80.5 Å². The fourth-order valence-corrected chi connectivity index (χ4v) is 2.97. The van der Waals surface area contributed by atoms with Crippen LogP contribution in [0.5, 0.6) is 5.75 Å². The van der Waals surface area contributed by atoms with Crippen LogP contribution < -0.4 is 10.1 Å². The van der Waals surface area contributed by atoms with E-state index in [-0.39, 0.29) is 11.9 Å². The molecule has 1 N–H and O–H groups in total. The Hall–Kier alpha value is -2.41. The zero-order valence-electron chi connectivity index (χ0n) is 14.5. The summed E-state index contributed by atoms with van der Waals surface area (Å²) in [5, 5.41) is 6.95. The van der Waals surface area contributed by atoms with Crippen molar-refractivity contribution in [1.82, 2.24) is 20.4 Å². The molecule has 1 fully saturated rings. The first-order valence-electron chi connectivity index (χ1n) is 8.77. The number of aromatic nitrogens is 2. The number of nitrogens with zero attached hydrogens (tertiary/aromatic N) is 3. The molecule has 7 nitrogen and oxygen atoms in total. The molecule has 1 aromatic carbocycles. The molecule has 25 heavy (non-hydrogen) atoms. The third-order valence-corrected chi connectivity index (χ3v) is 4.23. The predicted octanol–water partition coefficient (Wildman–Crippen LogP) is 1.96. The van der Waals surface area contributed by atoms with Crippen molar-refractivity contribution in [3.63, 3.8) is 0 Å². The molecule has 2 heterocycles. The summed E-state index contributed by atoms with van der Waals surface area (Å²) >= 11 is 0. The zero-order chi connectivity index (χ0) is 17.5. The van der Waals surface area contributed by atoms with Crippen LogP contribution >= 0.6 is 0 Å². The first-order valence-corrected chi connectivity index (χ1v) is 8.77. The number of benzene rings is 1. The van der Waals surface area contributed by atoms with Gasteiger partial charge in [0, 0.05) is 6.42 Å². The molecule has 0 bridgehead atoms. The van der Waals surface area contributed by atoms with Crippen LogP contribution in [-0.2, 0) is 11.2 Å². The maximum absolute atomic E-state index is 12.2. The molecule has 0 saturated carbocycles. The van der Waals surface area contributed by atoms with Gasteiger partial charge in [0.05, 0.1) is 19.1 Å². The summed E-state index contributed by atoms with van der Waals surface area (Å²) in [6, 6.07) is 9.63. The number of para-hydroxylation sites is 1. The standard InChI is InChI=1S/C18H24N4O3/c1-2-17-20-18(21-25-17)15-9-6-11-22(15)13-16(23)19-10-12-24-14-7-4-3-5-8-14/h3-5,7-8,15H,2,6,9-13H2,1H3,(H,19,23). The van der Waals surface area contributed by atoms with E-state index < -0.39 is 0 Å². The highest BCUT2D eigenvalue weighted by atomic mass is 16.5. The van der Waals surface area contributed by atoms with E-state index in [1.807, 2.05) is 37.3 Å². The second-order valence-electron chi connectivity index (χ2n) is 6.04. The number of hydrogen-bond donors (Lipinski definition) is 1. The first kappa shape index (κ1) is 17.4. The quantitative estimate of drug-likeness (QED) is 0.738. The monoisotopic (exact) mass is 344 g/mol. The minimum atomic E-state index is -0.0113. The summed E-state index contributed by atoms with van der Waals surface area (Å²) in [4.78, 5) is 18.7. The molecule has 1 aliphatic heterocycles. The fraction of sp³-hybridized carbons (Fsp3) is 0.500. The number of likely N-dealkylation sites (tertiary alicyclic amines) is 1. The largest absolute Gasteiger partial charge is 0.492 e. The fourth-order valence-electron chi connectivity index (χ4n) is 2.97. The van der Waals surface area contributed by atoms with E-state index >= 15 is 0 Å². The Balaban J connectivity index is 1.42. The highest BCUT2D eigenvalue weighted by Crippen LogP contribution is 2.29. The van der Waals surface area contributed by atoms with Crippen molar-refractivity contribution in [3.05, 3.63) is 42.0 Å². The molecule has 0 aliphatic carbocycles. The Labute approximate surface area is 147 Å². The molecular weight excluding hydrogens is 320 g/mol. The van der Waals surface area contributed by atoms with Crippen molar-refractivity contribution in [3.8, 4) is 5.75 Å². The van der Waals surface area contributed by atoms with E-state index in [2.05, 4.69) is 20.4 Å². The Kier molecular flexibility index (Phi) is 6.00. The van der Waals surface area contributed by atoms with Gasteiger partial charge in [0.25, 0.3) is 0 Å². The third kappa shape index (κ3) is 4.79. The Morgan fingerprint density at radius 2 is 2.24 bits per heavy atom. The van der Waals surface area contributed by atoms with Gasteiger partial charge in [-0.05, 0) is 31.5 Å². The lowest BCUT2D eigenvalue weighted by Crippen LogP contribution is -2.38. The van der Waals surface area contributed by atoms with Gasteiger partial charge in [-0.15, -0.1) is 0 Å². The molecule has 2 aromatic rings. The summed E-state index contributed by atoms with van der Waals surface area (Å²) in [7, 11) is 0. The van der Waals surface area contributed by atoms with Gasteiger partial charge in [0.2, 0.25) is 11.8 Å². The molecule has 1 atom stereocenters. The molecule has 3 rings (SSSR count). The molecule has 0 radical (unpaired) electrons. The molecule has 0 spiro atoms. The zero-order valence-corrected chi connectivity index (χ0v) is 14.5. The molecule has 1 amide bonds. The smallest absolute Gasteiger partial charge is 0.234 e. The van der Waals surface area contributed by atoms with Crippen LogP contribution in [0.3, 0.4) is 0 Å². The summed E-state index contributed by atoms with van der Waals surface area (Å²) in [6.45, 7) is 4.12. The van der Waals surface area contributed by atoms with Gasteiger partial charge in [0.15, 0.2) is 5.82 Å². The number of aryl methyl sites for hydroxylation is 1. The number of amides is 1. The van der Waals surface area contributed by atoms with Crippen molar-refractivity contribution in [1.29, 1.82) is 0 Å². The Morgan fingerprint density at radius 1 is 1.40 bits per heavy atom. The lowest BCUT2D eigenvalue weighted by Gasteiger charge is -2.21. The summed E-state index contributed by atoms with van der Waals surface area (Å²) in [5.74, 6) is 2.13. The van der Waals surface area contributed by atoms with Crippen molar-refractivity contribution in [2.24, 2.45) is 0 Å². The minimum Gasteiger partial charge on any atom is -0.492 e. The average molecular weight is 344 g/mol. The van der Waals surface area contributed by atoms with Gasteiger partial charge in [-0.25, -0.2) is 0 Å². The highest BCUT2D eigenvalue weighted by Gasteiger charge is 2.31. The SMILES string of the molecule is CCc1nc(C2CCCN2CC(=O)NCCOc2ccccc2)no1. The van der Waals surface area contributed by atoms with Crippen LogP contribution in [0.2, 0.25) is 0 Å². The first-order chi connectivity index (χ1) is 12.3. The van der Waals surface area contributed by atoms with E-state index in [4.69, 9.17) is 9.26 Å². The van der Waals surface area contributed by atoms with Crippen LogP contribution in [0.1, 0.15) is 37.5 Å². The van der Waals surface area contributed by atoms with Gasteiger partial charge in [0.1, 0.15) is 12.4 Å². The highest BCUT2D eigenvalue weighted by molar-refractivity contribution is 5.78. The van der Waals surface area contributed by atoms with Crippen LogP contribution in [-0.4, -0.2) is 47.2 Å². The minimum absolute atomic E-state index is 0.0113. The normalized spacial score (nSPS) is 17.6. The van der Waals surface area contributed by atoms with Gasteiger partial charge in [-0.2, -0.15) is 4.98 Å². The number of hydrogen-bond acceptors (Lipinski definition) is 6. The van der Waals surface area contributed by atoms with Crippen molar-refractivity contribution < 1.29 is 14.1 Å². The van der Waals surface area contributed by atoms with Crippen LogP contribution in [0.25, 0.3) is 0 Å². The number of ether oxygens (including phenoxy) is 1. The Morgan fingerprint density at radius 3 is 3.00 bits per heavy atom. The van der Waals surface area contributed by atoms with E-state index in [1.54, 1.807) is 0 Å². The number of carbonyl (C=O) groups is 1. The number of carbonyl (C=O) groups excluding carboxylic acids is 1. The molecular formula is C18H24N4O3. The lowest BCUT2D eigenvalue weighted by molar-refractivity contribution is -0.122. The number of rotatable bonds is 8. The molecule has 7 heteroatoms. The second kappa shape index (κ2) is 8.62. The van der Waals surface area contributed by atoms with Gasteiger partial charge >= 0.3 is 0 Å². The second-order valence-corrected chi connectivity index (χ2v) is 6.04. The number of nitrogens with one attached hydrogen (secondary N) is 1. The third-order valence-electron chi connectivity index (χ3n) is 4.23. The van der Waals surface area contributed by atoms with Crippen molar-refractivity contribution in [2.45, 2.75) is 32.2 Å². The summed E-state index contributed by atoms with van der Waals surface area (Å²) in [6.07, 6.45) is 2.71. The van der Waals surface area contributed by atoms with Crippen molar-refractivity contribution in [2.75, 3.05) is 26.2 Å². The molecule has 1 aromatic heterocycles.